The molecule has 0 spiro atoms. The van der Waals surface area contributed by atoms with E-state index in [-0.39, 0.29) is 12.2 Å². The zero-order valence-corrected chi connectivity index (χ0v) is 17.4. The summed E-state index contributed by atoms with van der Waals surface area (Å²) in [7, 11) is 0. The first-order valence-corrected chi connectivity index (χ1v) is 10.7. The van der Waals surface area contributed by atoms with Crippen molar-refractivity contribution in [3.63, 3.8) is 0 Å². The van der Waals surface area contributed by atoms with Gasteiger partial charge in [-0.15, -0.1) is 0 Å². The van der Waals surface area contributed by atoms with Gasteiger partial charge in [-0.05, 0) is 44.4 Å². The molecular formula is C23H26N6O. The van der Waals surface area contributed by atoms with E-state index in [1.54, 1.807) is 6.20 Å². The van der Waals surface area contributed by atoms with Crippen LogP contribution in [-0.4, -0.2) is 35.7 Å². The summed E-state index contributed by atoms with van der Waals surface area (Å²) in [5, 5.41) is 12.6. The van der Waals surface area contributed by atoms with Gasteiger partial charge in [-0.25, -0.2) is 4.98 Å². The minimum atomic E-state index is 0.00233. The zero-order chi connectivity index (χ0) is 20.7. The van der Waals surface area contributed by atoms with Gasteiger partial charge in [-0.1, -0.05) is 19.3 Å². The summed E-state index contributed by atoms with van der Waals surface area (Å²) in [6.07, 6.45) is 12.4. The second-order valence-corrected chi connectivity index (χ2v) is 8.39. The van der Waals surface area contributed by atoms with Gasteiger partial charge in [0.1, 0.15) is 11.3 Å². The van der Waals surface area contributed by atoms with Gasteiger partial charge in [-0.3, -0.25) is 14.6 Å². The molecule has 4 aromatic rings. The maximum Gasteiger partial charge on any atom is 0.187 e. The molecule has 4 aromatic heterocycles. The fraction of sp³-hybridized carbons (Fsp3) is 0.391. The first kappa shape index (κ1) is 18.8. The molecule has 1 saturated carbocycles. The van der Waals surface area contributed by atoms with Gasteiger partial charge in [0.15, 0.2) is 5.78 Å². The van der Waals surface area contributed by atoms with Crippen LogP contribution in [0.25, 0.3) is 22.3 Å². The van der Waals surface area contributed by atoms with E-state index in [9.17, 15) is 4.79 Å². The summed E-state index contributed by atoms with van der Waals surface area (Å²) in [4.78, 5) is 20.6. The maximum atomic E-state index is 12.6. The van der Waals surface area contributed by atoms with Crippen LogP contribution in [0.3, 0.4) is 0 Å². The van der Waals surface area contributed by atoms with Gasteiger partial charge < -0.3 is 4.98 Å². The Morgan fingerprint density at radius 2 is 2.00 bits per heavy atom. The number of hydrogen-bond donors (Lipinski definition) is 2. The van der Waals surface area contributed by atoms with E-state index in [1.807, 2.05) is 26.1 Å². The molecule has 1 fully saturated rings. The van der Waals surface area contributed by atoms with E-state index >= 15 is 0 Å². The molecule has 0 atom stereocenters. The summed E-state index contributed by atoms with van der Waals surface area (Å²) < 4.78 is 2.12. The molecule has 30 heavy (non-hydrogen) atoms. The summed E-state index contributed by atoms with van der Waals surface area (Å²) in [5.41, 5.74) is 6.12. The van der Waals surface area contributed by atoms with Crippen LogP contribution in [-0.2, 0) is 6.42 Å². The van der Waals surface area contributed by atoms with Crippen LogP contribution in [0.5, 0.6) is 0 Å². The summed E-state index contributed by atoms with van der Waals surface area (Å²) in [5.74, 6) is 0.00233. The van der Waals surface area contributed by atoms with Crippen molar-refractivity contribution in [3.05, 3.63) is 53.2 Å². The Balaban J connectivity index is 1.37. The fourth-order valence-electron chi connectivity index (χ4n) is 4.36. The molecular weight excluding hydrogens is 376 g/mol. The third-order valence-electron chi connectivity index (χ3n) is 6.27. The normalized spacial score (nSPS) is 15.1. The highest BCUT2D eigenvalue weighted by molar-refractivity contribution is 5.97. The number of aryl methyl sites for hydroxylation is 1. The van der Waals surface area contributed by atoms with E-state index in [2.05, 4.69) is 42.2 Å². The van der Waals surface area contributed by atoms with Crippen LogP contribution in [0.4, 0.5) is 0 Å². The molecule has 7 heteroatoms. The topological polar surface area (TPSA) is 92.2 Å². The zero-order valence-electron chi connectivity index (χ0n) is 17.4. The van der Waals surface area contributed by atoms with E-state index in [1.165, 1.54) is 32.1 Å². The van der Waals surface area contributed by atoms with Crippen LogP contribution >= 0.6 is 0 Å². The van der Waals surface area contributed by atoms with Crippen molar-refractivity contribution in [2.45, 2.75) is 58.4 Å². The second-order valence-electron chi connectivity index (χ2n) is 8.39. The monoisotopic (exact) mass is 402 g/mol. The summed E-state index contributed by atoms with van der Waals surface area (Å²) >= 11 is 0. The van der Waals surface area contributed by atoms with Crippen molar-refractivity contribution < 1.29 is 4.79 Å². The Morgan fingerprint density at radius 3 is 2.77 bits per heavy atom. The van der Waals surface area contributed by atoms with Crippen molar-refractivity contribution in [1.29, 1.82) is 0 Å². The molecule has 2 N–H and O–H groups in total. The van der Waals surface area contributed by atoms with Gasteiger partial charge >= 0.3 is 0 Å². The van der Waals surface area contributed by atoms with Crippen LogP contribution < -0.4 is 0 Å². The number of nitrogens with zero attached hydrogens (tertiary/aromatic N) is 4. The number of carbonyl (C=O) groups is 1. The SMILES string of the molecule is Cc1[nH]nc(C(=O)Cc2cnc3[nH]c(-c4cnn(C5CCCCC5)c4)cc3c2)c1C. The summed E-state index contributed by atoms with van der Waals surface area (Å²) in [6.45, 7) is 3.84. The van der Waals surface area contributed by atoms with E-state index in [0.717, 1.165) is 39.1 Å². The number of H-pyrrole nitrogens is 2. The lowest BCUT2D eigenvalue weighted by Gasteiger charge is -2.21. The van der Waals surface area contributed by atoms with Crippen LogP contribution in [0.2, 0.25) is 0 Å². The third-order valence-corrected chi connectivity index (χ3v) is 6.27. The summed E-state index contributed by atoms with van der Waals surface area (Å²) in [6, 6.07) is 4.63. The van der Waals surface area contributed by atoms with Gasteiger partial charge in [-0.2, -0.15) is 10.2 Å². The van der Waals surface area contributed by atoms with Crippen LogP contribution in [0.1, 0.15) is 65.5 Å². The van der Waals surface area contributed by atoms with Gasteiger partial charge in [0, 0.05) is 41.0 Å². The molecule has 0 amide bonds. The Bertz CT molecular complexity index is 1210. The second kappa shape index (κ2) is 7.55. The highest BCUT2D eigenvalue weighted by atomic mass is 16.1. The molecule has 1 aliphatic carbocycles. The standard InChI is InChI=1S/C23H26N6O/c1-14-15(2)27-28-22(14)21(30)9-16-8-17-10-20(26-23(17)24-11-16)18-12-25-29(13-18)19-6-4-3-5-7-19/h8,10-13,19H,3-7,9H2,1-2H3,(H,24,26)(H,27,28). The predicted molar refractivity (Wildman–Crippen MR) is 116 cm³/mol. The average Bonchev–Trinajstić information content (AvgIpc) is 3.47. The molecule has 0 radical (unpaired) electrons. The quantitative estimate of drug-likeness (QED) is 0.473. The third kappa shape index (κ3) is 3.44. The highest BCUT2D eigenvalue weighted by Crippen LogP contribution is 2.30. The molecule has 0 aromatic carbocycles. The van der Waals surface area contributed by atoms with Crippen LogP contribution in [0.15, 0.2) is 30.7 Å². The molecule has 7 nitrogen and oxygen atoms in total. The molecule has 1 aliphatic rings. The first-order chi connectivity index (χ1) is 14.6. The Labute approximate surface area is 174 Å². The fourth-order valence-corrected chi connectivity index (χ4v) is 4.36. The lowest BCUT2D eigenvalue weighted by molar-refractivity contribution is 0.0987. The lowest BCUT2D eigenvalue weighted by atomic mass is 9.96. The van der Waals surface area contributed by atoms with Crippen molar-refractivity contribution in [2.75, 3.05) is 0 Å². The molecule has 0 bridgehead atoms. The van der Waals surface area contributed by atoms with Crippen molar-refractivity contribution >= 4 is 16.8 Å². The molecule has 154 valence electrons. The highest BCUT2D eigenvalue weighted by Gasteiger charge is 2.18. The molecule has 0 saturated heterocycles. The average molecular weight is 403 g/mol. The van der Waals surface area contributed by atoms with Crippen molar-refractivity contribution in [2.24, 2.45) is 0 Å². The number of fused-ring (bicyclic) bond motifs is 1. The molecule has 5 rings (SSSR count). The maximum absolute atomic E-state index is 12.6. The number of hydrogen-bond acceptors (Lipinski definition) is 4. The number of Topliss-reactive ketones (excluding diaryl/α,β-unsaturated/α-hetero) is 1. The van der Waals surface area contributed by atoms with Crippen LogP contribution in [0, 0.1) is 13.8 Å². The number of ketones is 1. The van der Waals surface area contributed by atoms with Gasteiger partial charge in [0.25, 0.3) is 0 Å². The number of nitrogens with one attached hydrogen (secondary N) is 2. The largest absolute Gasteiger partial charge is 0.339 e. The van der Waals surface area contributed by atoms with E-state index in [0.29, 0.717) is 11.7 Å². The molecule has 4 heterocycles. The smallest absolute Gasteiger partial charge is 0.187 e. The lowest BCUT2D eigenvalue weighted by Crippen LogP contribution is -2.12. The van der Waals surface area contributed by atoms with E-state index < -0.39 is 0 Å². The van der Waals surface area contributed by atoms with Gasteiger partial charge in [0.05, 0.1) is 17.9 Å². The Morgan fingerprint density at radius 1 is 1.17 bits per heavy atom. The predicted octanol–water partition coefficient (Wildman–Crippen LogP) is 4.70. The Hall–Kier alpha value is -3.22. The Kier molecular flexibility index (Phi) is 4.73. The molecule has 0 aliphatic heterocycles. The number of rotatable bonds is 5. The number of aromatic amines is 2. The minimum absolute atomic E-state index is 0.00233. The number of carbonyl (C=O) groups excluding carboxylic acids is 1. The number of aromatic nitrogens is 6. The van der Waals surface area contributed by atoms with Gasteiger partial charge in [0.2, 0.25) is 0 Å². The van der Waals surface area contributed by atoms with Crippen molar-refractivity contribution in [1.82, 2.24) is 29.9 Å². The first-order valence-electron chi connectivity index (χ1n) is 10.7. The van der Waals surface area contributed by atoms with Crippen molar-refractivity contribution in [3.8, 4) is 11.3 Å². The molecule has 0 unspecified atom stereocenters. The van der Waals surface area contributed by atoms with E-state index in [4.69, 9.17) is 0 Å². The number of pyridine rings is 1. The minimum Gasteiger partial charge on any atom is -0.339 e.